The highest BCUT2D eigenvalue weighted by Gasteiger charge is 2.14. The van der Waals surface area contributed by atoms with Crippen LogP contribution in [-0.4, -0.2) is 7.05 Å². The van der Waals surface area contributed by atoms with Crippen LogP contribution in [0.1, 0.15) is 22.7 Å². The van der Waals surface area contributed by atoms with Crippen LogP contribution < -0.4 is 5.32 Å². The Kier molecular flexibility index (Phi) is 5.42. The van der Waals surface area contributed by atoms with Crippen molar-refractivity contribution >= 4 is 38.5 Å². The Morgan fingerprint density at radius 3 is 2.63 bits per heavy atom. The van der Waals surface area contributed by atoms with Crippen LogP contribution in [-0.2, 0) is 6.42 Å². The number of likely N-dealkylation sites (N-methyl/N-ethyl adjacent to an activating group) is 1. The zero-order valence-electron chi connectivity index (χ0n) is 11.1. The predicted molar refractivity (Wildman–Crippen MR) is 93.5 cm³/mol. The minimum Gasteiger partial charge on any atom is -0.313 e. The van der Waals surface area contributed by atoms with Gasteiger partial charge in [-0.05, 0) is 71.8 Å². The summed E-state index contributed by atoms with van der Waals surface area (Å²) in [6, 6.07) is 15.4. The molecule has 2 rings (SSSR count). The van der Waals surface area contributed by atoms with Crippen molar-refractivity contribution in [2.24, 2.45) is 0 Å². The molecule has 0 aromatic heterocycles. The second kappa shape index (κ2) is 6.86. The molecule has 2 aromatic carbocycles. The first-order chi connectivity index (χ1) is 9.11. The monoisotopic (exact) mass is 429 g/mol. The van der Waals surface area contributed by atoms with Crippen molar-refractivity contribution in [3.63, 3.8) is 0 Å². The third kappa shape index (κ3) is 3.80. The zero-order valence-corrected chi connectivity index (χ0v) is 14.8. The molecule has 0 saturated carbocycles. The van der Waals surface area contributed by atoms with E-state index in [0.717, 1.165) is 10.9 Å². The first kappa shape index (κ1) is 15.0. The largest absolute Gasteiger partial charge is 0.313 e. The summed E-state index contributed by atoms with van der Waals surface area (Å²) in [6.07, 6.45) is 0.995. The molecule has 2 aromatic rings. The molecule has 0 heterocycles. The quantitative estimate of drug-likeness (QED) is 0.684. The van der Waals surface area contributed by atoms with Crippen molar-refractivity contribution in [1.29, 1.82) is 0 Å². The van der Waals surface area contributed by atoms with Crippen LogP contribution in [0.3, 0.4) is 0 Å². The molecular weight excluding hydrogens is 413 g/mol. The SMILES string of the molecule is CNC(Cc1cccc(Br)c1)c1cccc(C)c1I. The van der Waals surface area contributed by atoms with Gasteiger partial charge in [-0.25, -0.2) is 0 Å². The molecule has 1 atom stereocenters. The molecule has 0 fully saturated rings. The van der Waals surface area contributed by atoms with E-state index < -0.39 is 0 Å². The molecule has 0 aliphatic carbocycles. The molecule has 0 bridgehead atoms. The Hall–Kier alpha value is -0.390. The highest BCUT2D eigenvalue weighted by atomic mass is 127. The van der Waals surface area contributed by atoms with Crippen molar-refractivity contribution < 1.29 is 0 Å². The van der Waals surface area contributed by atoms with Gasteiger partial charge >= 0.3 is 0 Å². The minimum atomic E-state index is 0.348. The number of nitrogens with one attached hydrogen (secondary N) is 1. The number of halogens is 2. The van der Waals surface area contributed by atoms with Crippen LogP contribution in [0, 0.1) is 10.5 Å². The maximum atomic E-state index is 3.53. The number of hydrogen-bond acceptors (Lipinski definition) is 1. The topological polar surface area (TPSA) is 12.0 Å². The van der Waals surface area contributed by atoms with Gasteiger partial charge in [0.1, 0.15) is 0 Å². The lowest BCUT2D eigenvalue weighted by Crippen LogP contribution is -2.20. The first-order valence-corrected chi connectivity index (χ1v) is 8.15. The summed E-state index contributed by atoms with van der Waals surface area (Å²) in [7, 11) is 2.03. The fraction of sp³-hybridized carbons (Fsp3) is 0.250. The van der Waals surface area contributed by atoms with E-state index in [1.165, 1.54) is 20.3 Å². The molecule has 19 heavy (non-hydrogen) atoms. The number of rotatable bonds is 4. The summed E-state index contributed by atoms with van der Waals surface area (Å²) in [5.74, 6) is 0. The van der Waals surface area contributed by atoms with Gasteiger partial charge in [0.15, 0.2) is 0 Å². The fourth-order valence-corrected chi connectivity index (χ4v) is 3.39. The zero-order chi connectivity index (χ0) is 13.8. The van der Waals surface area contributed by atoms with Gasteiger partial charge in [-0.2, -0.15) is 0 Å². The standard InChI is InChI=1S/C16H17BrIN/c1-11-5-3-8-14(16(11)18)15(19-2)10-12-6-4-7-13(17)9-12/h3-9,15,19H,10H2,1-2H3. The summed E-state index contributed by atoms with van der Waals surface area (Å²) in [5.41, 5.74) is 4.06. The molecule has 1 N–H and O–H groups in total. The van der Waals surface area contributed by atoms with E-state index in [1.54, 1.807) is 0 Å². The third-order valence-corrected chi connectivity index (χ3v) is 5.24. The minimum absolute atomic E-state index is 0.348. The lowest BCUT2D eigenvalue weighted by molar-refractivity contribution is 0.589. The molecule has 0 amide bonds. The van der Waals surface area contributed by atoms with Gasteiger partial charge in [0.2, 0.25) is 0 Å². The van der Waals surface area contributed by atoms with Crippen molar-refractivity contribution in [3.05, 3.63) is 67.2 Å². The Morgan fingerprint density at radius 2 is 1.95 bits per heavy atom. The molecule has 0 radical (unpaired) electrons. The summed E-state index contributed by atoms with van der Waals surface area (Å²) in [6.45, 7) is 2.16. The molecular formula is C16H17BrIN. The Bertz CT molecular complexity index is 568. The van der Waals surface area contributed by atoms with Crippen molar-refractivity contribution in [2.75, 3.05) is 7.05 Å². The molecule has 0 aliphatic heterocycles. The average molecular weight is 430 g/mol. The van der Waals surface area contributed by atoms with Gasteiger partial charge in [-0.1, -0.05) is 46.3 Å². The van der Waals surface area contributed by atoms with Gasteiger partial charge in [0.25, 0.3) is 0 Å². The normalized spacial score (nSPS) is 12.4. The van der Waals surface area contributed by atoms with Gasteiger partial charge in [0.05, 0.1) is 0 Å². The van der Waals surface area contributed by atoms with E-state index in [1.807, 2.05) is 7.05 Å². The number of benzene rings is 2. The van der Waals surface area contributed by atoms with Crippen molar-refractivity contribution in [2.45, 2.75) is 19.4 Å². The summed E-state index contributed by atoms with van der Waals surface area (Å²) >= 11 is 5.98. The molecule has 1 nitrogen and oxygen atoms in total. The van der Waals surface area contributed by atoms with Crippen LogP contribution in [0.25, 0.3) is 0 Å². The number of hydrogen-bond donors (Lipinski definition) is 1. The average Bonchev–Trinajstić information content (AvgIpc) is 2.40. The molecule has 0 saturated heterocycles. The van der Waals surface area contributed by atoms with E-state index in [9.17, 15) is 0 Å². The lowest BCUT2D eigenvalue weighted by Gasteiger charge is -2.19. The second-order valence-electron chi connectivity index (χ2n) is 4.65. The smallest absolute Gasteiger partial charge is 0.0369 e. The third-order valence-electron chi connectivity index (χ3n) is 3.27. The molecule has 1 unspecified atom stereocenters. The van der Waals surface area contributed by atoms with Crippen LogP contribution in [0.2, 0.25) is 0 Å². The van der Waals surface area contributed by atoms with Gasteiger partial charge in [-0.3, -0.25) is 0 Å². The van der Waals surface area contributed by atoms with E-state index in [2.05, 4.69) is 93.2 Å². The van der Waals surface area contributed by atoms with Gasteiger partial charge in [0, 0.05) is 14.1 Å². The van der Waals surface area contributed by atoms with Crippen molar-refractivity contribution in [3.8, 4) is 0 Å². The Morgan fingerprint density at radius 1 is 1.21 bits per heavy atom. The van der Waals surface area contributed by atoms with E-state index in [4.69, 9.17) is 0 Å². The van der Waals surface area contributed by atoms with Crippen LogP contribution in [0.4, 0.5) is 0 Å². The lowest BCUT2D eigenvalue weighted by atomic mass is 9.98. The van der Waals surface area contributed by atoms with Crippen LogP contribution >= 0.6 is 38.5 Å². The van der Waals surface area contributed by atoms with Gasteiger partial charge in [-0.15, -0.1) is 0 Å². The summed E-state index contributed by atoms with van der Waals surface area (Å²) in [5, 5.41) is 3.43. The Labute approximate surface area is 137 Å². The molecule has 100 valence electrons. The van der Waals surface area contributed by atoms with E-state index >= 15 is 0 Å². The number of aryl methyl sites for hydroxylation is 1. The second-order valence-corrected chi connectivity index (χ2v) is 6.65. The van der Waals surface area contributed by atoms with Crippen LogP contribution in [0.15, 0.2) is 46.9 Å². The van der Waals surface area contributed by atoms with Crippen LogP contribution in [0.5, 0.6) is 0 Å². The van der Waals surface area contributed by atoms with Gasteiger partial charge < -0.3 is 5.32 Å². The fourth-order valence-electron chi connectivity index (χ4n) is 2.21. The summed E-state index contributed by atoms with van der Waals surface area (Å²) < 4.78 is 2.49. The molecule has 0 spiro atoms. The highest BCUT2D eigenvalue weighted by molar-refractivity contribution is 14.1. The highest BCUT2D eigenvalue weighted by Crippen LogP contribution is 2.26. The first-order valence-electron chi connectivity index (χ1n) is 6.28. The van der Waals surface area contributed by atoms with E-state index in [0.29, 0.717) is 6.04 Å². The predicted octanol–water partition coefficient (Wildman–Crippen LogP) is 4.87. The van der Waals surface area contributed by atoms with E-state index in [-0.39, 0.29) is 0 Å². The Balaban J connectivity index is 2.28. The molecule has 3 heteroatoms. The maximum absolute atomic E-state index is 3.53. The van der Waals surface area contributed by atoms with Crippen molar-refractivity contribution in [1.82, 2.24) is 5.32 Å². The summed E-state index contributed by atoms with van der Waals surface area (Å²) in [4.78, 5) is 0. The maximum Gasteiger partial charge on any atom is 0.0369 e. The molecule has 0 aliphatic rings.